The third-order valence-electron chi connectivity index (χ3n) is 2.87. The van der Waals surface area contributed by atoms with Gasteiger partial charge in [0.2, 0.25) is 0 Å². The maximum absolute atomic E-state index is 12.6. The Morgan fingerprint density at radius 2 is 2.00 bits per heavy atom. The van der Waals surface area contributed by atoms with Crippen molar-refractivity contribution in [1.82, 2.24) is 14.8 Å². The fourth-order valence-corrected chi connectivity index (χ4v) is 2.45. The Morgan fingerprint density at radius 1 is 1.33 bits per heavy atom. The monoisotopic (exact) mass is 233 g/mol. The summed E-state index contributed by atoms with van der Waals surface area (Å²) in [5.41, 5.74) is 0. The van der Waals surface area contributed by atoms with E-state index in [0.717, 1.165) is 25.7 Å². The van der Waals surface area contributed by atoms with Gasteiger partial charge in [-0.1, -0.05) is 19.3 Å². The van der Waals surface area contributed by atoms with Crippen LogP contribution in [0.3, 0.4) is 0 Å². The lowest BCUT2D eigenvalue weighted by molar-refractivity contribution is 0.129. The van der Waals surface area contributed by atoms with E-state index in [-0.39, 0.29) is 11.9 Å². The van der Waals surface area contributed by atoms with Crippen molar-refractivity contribution in [2.45, 2.75) is 44.6 Å². The van der Waals surface area contributed by atoms with Crippen LogP contribution in [0.15, 0.2) is 0 Å². The van der Waals surface area contributed by atoms with Crippen LogP contribution in [-0.4, -0.2) is 14.8 Å². The van der Waals surface area contributed by atoms with E-state index in [4.69, 9.17) is 12.2 Å². The minimum Gasteiger partial charge on any atom is -0.296 e. The molecule has 1 N–H and O–H groups in total. The summed E-state index contributed by atoms with van der Waals surface area (Å²) in [6.45, 7) is 0. The van der Waals surface area contributed by atoms with E-state index in [1.807, 2.05) is 0 Å². The number of hydrogen-bond donors (Lipinski definition) is 1. The quantitative estimate of drug-likeness (QED) is 0.794. The van der Waals surface area contributed by atoms with Crippen molar-refractivity contribution in [3.05, 3.63) is 10.6 Å². The lowest BCUT2D eigenvalue weighted by Crippen LogP contribution is -2.16. The smallest absolute Gasteiger partial charge is 0.296 e. The second-order valence-corrected chi connectivity index (χ2v) is 4.24. The molecular weight excluding hydrogens is 220 g/mol. The zero-order chi connectivity index (χ0) is 10.8. The molecule has 0 spiro atoms. The number of nitrogens with one attached hydrogen (secondary N) is 1. The zero-order valence-corrected chi connectivity index (χ0v) is 9.07. The highest BCUT2D eigenvalue weighted by atomic mass is 32.1. The molecule has 2 rings (SSSR count). The number of aromatic amines is 1. The number of hydrogen-bond acceptors (Lipinski definition) is 2. The Balaban J connectivity index is 2.32. The predicted octanol–water partition coefficient (Wildman–Crippen LogP) is 3.38. The van der Waals surface area contributed by atoms with Gasteiger partial charge in [0.05, 0.1) is 0 Å². The van der Waals surface area contributed by atoms with E-state index in [1.54, 1.807) is 0 Å². The SMILES string of the molecule is FC(F)c1n[nH]c(=S)n1C1CCCCC1. The average Bonchev–Trinajstić information content (AvgIpc) is 2.61. The highest BCUT2D eigenvalue weighted by Gasteiger charge is 2.23. The number of nitrogens with zero attached hydrogens (tertiary/aromatic N) is 2. The summed E-state index contributed by atoms with van der Waals surface area (Å²) in [4.78, 5) is 0. The molecule has 1 aromatic heterocycles. The van der Waals surface area contributed by atoms with E-state index < -0.39 is 6.43 Å². The molecule has 0 aromatic carbocycles. The molecule has 1 aliphatic rings. The third kappa shape index (κ3) is 2.09. The first-order valence-corrected chi connectivity index (χ1v) is 5.56. The van der Waals surface area contributed by atoms with Crippen LogP contribution >= 0.6 is 12.2 Å². The van der Waals surface area contributed by atoms with Crippen LogP contribution in [0, 0.1) is 4.77 Å². The molecule has 0 bridgehead atoms. The molecule has 6 heteroatoms. The van der Waals surface area contributed by atoms with Gasteiger partial charge in [-0.2, -0.15) is 5.10 Å². The summed E-state index contributed by atoms with van der Waals surface area (Å²) >= 11 is 4.98. The van der Waals surface area contributed by atoms with Crippen molar-refractivity contribution in [2.24, 2.45) is 0 Å². The highest BCUT2D eigenvalue weighted by Crippen LogP contribution is 2.31. The van der Waals surface area contributed by atoms with Gasteiger partial charge in [0, 0.05) is 6.04 Å². The van der Waals surface area contributed by atoms with E-state index in [1.165, 1.54) is 11.0 Å². The van der Waals surface area contributed by atoms with Crippen molar-refractivity contribution >= 4 is 12.2 Å². The van der Waals surface area contributed by atoms with E-state index in [0.29, 0.717) is 4.77 Å². The van der Waals surface area contributed by atoms with Gasteiger partial charge in [0.1, 0.15) is 0 Å². The van der Waals surface area contributed by atoms with Crippen LogP contribution in [0.25, 0.3) is 0 Å². The van der Waals surface area contributed by atoms with Gasteiger partial charge in [0.25, 0.3) is 6.43 Å². The minimum atomic E-state index is -2.56. The number of aromatic nitrogens is 3. The Labute approximate surface area is 91.5 Å². The molecule has 1 fully saturated rings. The molecule has 1 aliphatic carbocycles. The third-order valence-corrected chi connectivity index (χ3v) is 3.15. The molecule has 1 saturated carbocycles. The van der Waals surface area contributed by atoms with E-state index in [9.17, 15) is 8.78 Å². The first kappa shape index (κ1) is 10.7. The summed E-state index contributed by atoms with van der Waals surface area (Å²) in [6, 6.07) is 0.106. The van der Waals surface area contributed by atoms with Crippen LogP contribution in [0.4, 0.5) is 8.78 Å². The molecular formula is C9H13F2N3S. The maximum Gasteiger partial charge on any atom is 0.297 e. The highest BCUT2D eigenvalue weighted by molar-refractivity contribution is 7.71. The maximum atomic E-state index is 12.6. The van der Waals surface area contributed by atoms with Crippen molar-refractivity contribution in [1.29, 1.82) is 0 Å². The van der Waals surface area contributed by atoms with Crippen LogP contribution in [0.5, 0.6) is 0 Å². The van der Waals surface area contributed by atoms with Gasteiger partial charge in [-0.3, -0.25) is 9.67 Å². The fraction of sp³-hybridized carbons (Fsp3) is 0.778. The minimum absolute atomic E-state index is 0.106. The largest absolute Gasteiger partial charge is 0.297 e. The zero-order valence-electron chi connectivity index (χ0n) is 8.25. The van der Waals surface area contributed by atoms with Crippen LogP contribution in [0.1, 0.15) is 50.4 Å². The molecule has 0 aliphatic heterocycles. The van der Waals surface area contributed by atoms with Crippen LogP contribution in [-0.2, 0) is 0 Å². The number of alkyl halides is 2. The molecule has 1 heterocycles. The van der Waals surface area contributed by atoms with Crippen molar-refractivity contribution in [3.8, 4) is 0 Å². The number of halogens is 2. The normalized spacial score (nSPS) is 18.6. The van der Waals surface area contributed by atoms with Gasteiger partial charge < -0.3 is 0 Å². The summed E-state index contributed by atoms with van der Waals surface area (Å²) in [7, 11) is 0. The lowest BCUT2D eigenvalue weighted by atomic mass is 9.95. The summed E-state index contributed by atoms with van der Waals surface area (Å²) in [6.07, 6.45) is 2.65. The van der Waals surface area contributed by atoms with Gasteiger partial charge in [-0.15, -0.1) is 0 Å². The molecule has 0 atom stereocenters. The average molecular weight is 233 g/mol. The second kappa shape index (κ2) is 4.38. The molecule has 0 radical (unpaired) electrons. The Hall–Kier alpha value is -0.780. The standard InChI is InChI=1S/C9H13F2N3S/c10-7(11)8-12-13-9(15)14(8)6-4-2-1-3-5-6/h6-7H,1-5H2,(H,13,15). The van der Waals surface area contributed by atoms with Gasteiger partial charge >= 0.3 is 0 Å². The van der Waals surface area contributed by atoms with Gasteiger partial charge in [0.15, 0.2) is 10.6 Å². The van der Waals surface area contributed by atoms with Gasteiger partial charge in [-0.05, 0) is 25.1 Å². The first-order chi connectivity index (χ1) is 7.20. The van der Waals surface area contributed by atoms with Crippen LogP contribution < -0.4 is 0 Å². The molecule has 1 aromatic rings. The summed E-state index contributed by atoms with van der Waals surface area (Å²) in [5.74, 6) is -0.216. The molecule has 3 nitrogen and oxygen atoms in total. The summed E-state index contributed by atoms with van der Waals surface area (Å²) < 4.78 is 27.1. The molecule has 0 amide bonds. The Morgan fingerprint density at radius 3 is 2.60 bits per heavy atom. The van der Waals surface area contributed by atoms with Crippen molar-refractivity contribution in [3.63, 3.8) is 0 Å². The molecule has 0 saturated heterocycles. The van der Waals surface area contributed by atoms with E-state index >= 15 is 0 Å². The Bertz CT molecular complexity index is 379. The number of rotatable bonds is 2. The molecule has 15 heavy (non-hydrogen) atoms. The van der Waals surface area contributed by atoms with Crippen molar-refractivity contribution in [2.75, 3.05) is 0 Å². The summed E-state index contributed by atoms with van der Waals surface area (Å²) in [5, 5.41) is 6.04. The number of H-pyrrole nitrogens is 1. The Kier molecular flexibility index (Phi) is 3.14. The van der Waals surface area contributed by atoms with E-state index in [2.05, 4.69) is 10.2 Å². The topological polar surface area (TPSA) is 33.6 Å². The first-order valence-electron chi connectivity index (χ1n) is 5.15. The van der Waals surface area contributed by atoms with Gasteiger partial charge in [-0.25, -0.2) is 8.78 Å². The predicted molar refractivity (Wildman–Crippen MR) is 54.5 cm³/mol. The van der Waals surface area contributed by atoms with Crippen molar-refractivity contribution < 1.29 is 8.78 Å². The second-order valence-electron chi connectivity index (χ2n) is 3.85. The fourth-order valence-electron chi connectivity index (χ4n) is 2.16. The lowest BCUT2D eigenvalue weighted by Gasteiger charge is -2.23. The van der Waals surface area contributed by atoms with Crippen LogP contribution in [0.2, 0.25) is 0 Å². The molecule has 84 valence electrons. The molecule has 0 unspecified atom stereocenters.